The highest BCUT2D eigenvalue weighted by atomic mass is 35.5. The number of hydrogen-bond acceptors (Lipinski definition) is 2. The Balaban J connectivity index is 1.89. The minimum absolute atomic E-state index is 0.324. The highest BCUT2D eigenvalue weighted by Gasteiger charge is 2.02. The highest BCUT2D eigenvalue weighted by Crippen LogP contribution is 2.10. The van der Waals surface area contributed by atoms with Gasteiger partial charge >= 0.3 is 6.03 Å². The molecule has 2 N–H and O–H groups in total. The predicted octanol–water partition coefficient (Wildman–Crippen LogP) is 3.53. The second-order valence-corrected chi connectivity index (χ2v) is 4.56. The van der Waals surface area contributed by atoms with Crippen LogP contribution in [0.4, 0.5) is 10.5 Å². The predicted molar refractivity (Wildman–Crippen MR) is 78.5 cm³/mol. The van der Waals surface area contributed by atoms with Crippen molar-refractivity contribution in [2.45, 2.75) is 6.54 Å². The number of benzene rings is 2. The monoisotopic (exact) mass is 285 g/mol. The van der Waals surface area contributed by atoms with Crippen molar-refractivity contribution in [3.8, 4) is 6.07 Å². The van der Waals surface area contributed by atoms with Crippen LogP contribution in [0.5, 0.6) is 0 Å². The van der Waals surface area contributed by atoms with Gasteiger partial charge in [0.15, 0.2) is 0 Å². The normalized spacial score (nSPS) is 9.60. The van der Waals surface area contributed by atoms with Crippen LogP contribution in [0.15, 0.2) is 48.5 Å². The van der Waals surface area contributed by atoms with Crippen LogP contribution >= 0.6 is 11.6 Å². The molecule has 0 aliphatic carbocycles. The maximum absolute atomic E-state index is 11.7. The second-order valence-electron chi connectivity index (χ2n) is 4.13. The molecule has 0 radical (unpaired) electrons. The first-order valence-corrected chi connectivity index (χ1v) is 6.34. The van der Waals surface area contributed by atoms with Crippen LogP contribution in [-0.4, -0.2) is 6.03 Å². The number of nitriles is 1. The Labute approximate surface area is 122 Å². The number of amides is 2. The molecule has 0 fully saturated rings. The van der Waals surface area contributed by atoms with E-state index in [1.807, 2.05) is 18.2 Å². The van der Waals surface area contributed by atoms with Gasteiger partial charge in [0, 0.05) is 17.3 Å². The first kappa shape index (κ1) is 13.9. The van der Waals surface area contributed by atoms with Crippen LogP contribution in [0, 0.1) is 11.3 Å². The molecule has 0 saturated heterocycles. The van der Waals surface area contributed by atoms with E-state index in [0.717, 1.165) is 5.56 Å². The van der Waals surface area contributed by atoms with E-state index in [4.69, 9.17) is 16.9 Å². The number of urea groups is 1. The van der Waals surface area contributed by atoms with Crippen molar-refractivity contribution in [2.24, 2.45) is 0 Å². The van der Waals surface area contributed by atoms with Crippen LogP contribution in [0.2, 0.25) is 5.02 Å². The van der Waals surface area contributed by atoms with Gasteiger partial charge in [0.05, 0.1) is 11.6 Å². The fourth-order valence-corrected chi connectivity index (χ4v) is 1.75. The van der Waals surface area contributed by atoms with E-state index < -0.39 is 0 Å². The van der Waals surface area contributed by atoms with Crippen molar-refractivity contribution in [2.75, 3.05) is 5.32 Å². The average Bonchev–Trinajstić information content (AvgIpc) is 2.47. The molecule has 0 unspecified atom stereocenters. The number of anilines is 1. The summed E-state index contributed by atoms with van der Waals surface area (Å²) >= 11 is 5.78. The molecule has 2 rings (SSSR count). The number of rotatable bonds is 3. The molecule has 0 heterocycles. The van der Waals surface area contributed by atoms with E-state index in [9.17, 15) is 4.79 Å². The zero-order valence-corrected chi connectivity index (χ0v) is 11.3. The van der Waals surface area contributed by atoms with Gasteiger partial charge in [-0.15, -0.1) is 0 Å². The summed E-state index contributed by atoms with van der Waals surface area (Å²) in [5.41, 5.74) is 2.04. The number of nitrogens with zero attached hydrogens (tertiary/aromatic N) is 1. The van der Waals surface area contributed by atoms with Crippen molar-refractivity contribution in [1.82, 2.24) is 5.32 Å². The molecule has 0 aromatic heterocycles. The van der Waals surface area contributed by atoms with Gasteiger partial charge in [-0.2, -0.15) is 5.26 Å². The first-order chi connectivity index (χ1) is 9.67. The summed E-state index contributed by atoms with van der Waals surface area (Å²) in [5, 5.41) is 14.8. The van der Waals surface area contributed by atoms with Gasteiger partial charge in [-0.25, -0.2) is 4.79 Å². The maximum Gasteiger partial charge on any atom is 0.319 e. The topological polar surface area (TPSA) is 64.9 Å². The van der Waals surface area contributed by atoms with E-state index >= 15 is 0 Å². The standard InChI is InChI=1S/C15H12ClN3O/c16-13-6-4-11(5-7-13)10-18-15(20)19-14-3-1-2-12(8-14)9-17/h1-8H,10H2,(H2,18,19,20). The number of halogens is 1. The van der Waals surface area contributed by atoms with Gasteiger partial charge < -0.3 is 10.6 Å². The van der Waals surface area contributed by atoms with E-state index in [0.29, 0.717) is 22.8 Å². The minimum Gasteiger partial charge on any atom is -0.334 e. The molecule has 0 aliphatic rings. The fourth-order valence-electron chi connectivity index (χ4n) is 1.63. The molecule has 0 atom stereocenters. The van der Waals surface area contributed by atoms with Gasteiger partial charge in [0.1, 0.15) is 0 Å². The summed E-state index contributed by atoms with van der Waals surface area (Å²) in [6.45, 7) is 0.404. The van der Waals surface area contributed by atoms with Crippen LogP contribution < -0.4 is 10.6 Å². The van der Waals surface area contributed by atoms with E-state index in [-0.39, 0.29) is 6.03 Å². The summed E-state index contributed by atoms with van der Waals surface area (Å²) in [7, 11) is 0. The Hall–Kier alpha value is -2.51. The highest BCUT2D eigenvalue weighted by molar-refractivity contribution is 6.30. The fraction of sp³-hybridized carbons (Fsp3) is 0.0667. The van der Waals surface area contributed by atoms with Crippen molar-refractivity contribution in [3.63, 3.8) is 0 Å². The lowest BCUT2D eigenvalue weighted by Gasteiger charge is -2.08. The molecule has 0 saturated carbocycles. The molecule has 2 aromatic rings. The smallest absolute Gasteiger partial charge is 0.319 e. The lowest BCUT2D eigenvalue weighted by molar-refractivity contribution is 0.251. The second kappa shape index (κ2) is 6.60. The third kappa shape index (κ3) is 4.01. The molecule has 100 valence electrons. The molecule has 0 spiro atoms. The summed E-state index contributed by atoms with van der Waals surface area (Å²) < 4.78 is 0. The molecule has 2 amide bonds. The van der Waals surface area contributed by atoms with Crippen LogP contribution in [0.25, 0.3) is 0 Å². The number of hydrogen-bond donors (Lipinski definition) is 2. The zero-order chi connectivity index (χ0) is 14.4. The Kier molecular flexibility index (Phi) is 4.59. The van der Waals surface area contributed by atoms with Crippen LogP contribution in [0.1, 0.15) is 11.1 Å². The van der Waals surface area contributed by atoms with E-state index in [1.54, 1.807) is 36.4 Å². The van der Waals surface area contributed by atoms with E-state index in [2.05, 4.69) is 10.6 Å². The zero-order valence-electron chi connectivity index (χ0n) is 10.6. The van der Waals surface area contributed by atoms with Gasteiger partial charge in [-0.3, -0.25) is 0 Å². The molecule has 2 aromatic carbocycles. The Morgan fingerprint density at radius 1 is 1.20 bits per heavy atom. The molecular weight excluding hydrogens is 274 g/mol. The molecule has 4 nitrogen and oxygen atoms in total. The number of carbonyl (C=O) groups is 1. The van der Waals surface area contributed by atoms with Crippen molar-refractivity contribution in [3.05, 3.63) is 64.7 Å². The SMILES string of the molecule is N#Cc1cccc(NC(=O)NCc2ccc(Cl)cc2)c1. The molecule has 0 aliphatic heterocycles. The van der Waals surface area contributed by atoms with Crippen molar-refractivity contribution >= 4 is 23.3 Å². The summed E-state index contributed by atoms with van der Waals surface area (Å²) in [4.78, 5) is 11.7. The quantitative estimate of drug-likeness (QED) is 0.906. The number of carbonyl (C=O) groups excluding carboxylic acids is 1. The molecule has 20 heavy (non-hydrogen) atoms. The minimum atomic E-state index is -0.324. The Morgan fingerprint density at radius 2 is 1.95 bits per heavy atom. The van der Waals surface area contributed by atoms with Crippen LogP contribution in [0.3, 0.4) is 0 Å². The maximum atomic E-state index is 11.7. The Morgan fingerprint density at radius 3 is 2.65 bits per heavy atom. The van der Waals surface area contributed by atoms with Crippen molar-refractivity contribution < 1.29 is 4.79 Å². The largest absolute Gasteiger partial charge is 0.334 e. The van der Waals surface area contributed by atoms with Crippen LogP contribution in [-0.2, 0) is 6.54 Å². The van der Waals surface area contributed by atoms with Gasteiger partial charge in [-0.1, -0.05) is 29.8 Å². The third-order valence-electron chi connectivity index (χ3n) is 2.62. The summed E-state index contributed by atoms with van der Waals surface area (Å²) in [5.74, 6) is 0. The molecular formula is C15H12ClN3O. The first-order valence-electron chi connectivity index (χ1n) is 5.97. The third-order valence-corrected chi connectivity index (χ3v) is 2.87. The van der Waals surface area contributed by atoms with Gasteiger partial charge in [-0.05, 0) is 35.9 Å². The molecule has 0 bridgehead atoms. The van der Waals surface area contributed by atoms with Crippen molar-refractivity contribution in [1.29, 1.82) is 5.26 Å². The summed E-state index contributed by atoms with van der Waals surface area (Å²) in [6, 6.07) is 15.7. The van der Waals surface area contributed by atoms with E-state index in [1.165, 1.54) is 0 Å². The van der Waals surface area contributed by atoms with Gasteiger partial charge in [0.2, 0.25) is 0 Å². The molecule has 5 heteroatoms. The lowest BCUT2D eigenvalue weighted by Crippen LogP contribution is -2.28. The Bertz CT molecular complexity index is 647. The number of nitrogens with one attached hydrogen (secondary N) is 2. The average molecular weight is 286 g/mol. The lowest BCUT2D eigenvalue weighted by atomic mass is 10.2. The summed E-state index contributed by atoms with van der Waals surface area (Å²) in [6.07, 6.45) is 0. The van der Waals surface area contributed by atoms with Gasteiger partial charge in [0.25, 0.3) is 0 Å².